The van der Waals surface area contributed by atoms with Crippen molar-refractivity contribution in [3.05, 3.63) is 88.2 Å². The van der Waals surface area contributed by atoms with Gasteiger partial charge in [0.15, 0.2) is 0 Å². The molecule has 0 fully saturated rings. The quantitative estimate of drug-likeness (QED) is 0.437. The third-order valence-corrected chi connectivity index (χ3v) is 3.38. The summed E-state index contributed by atoms with van der Waals surface area (Å²) in [6.07, 6.45) is 1.38. The maximum atomic E-state index is 11.8. The molecule has 0 bridgehead atoms. The van der Waals surface area contributed by atoms with Gasteiger partial charge >= 0.3 is 0 Å². The molecule has 0 atom stereocenters. The number of non-ortho nitro benzene ring substituents is 1. The molecule has 0 spiro atoms. The van der Waals surface area contributed by atoms with Crippen molar-refractivity contribution in [2.45, 2.75) is 0 Å². The van der Waals surface area contributed by atoms with E-state index in [4.69, 9.17) is 4.42 Å². The molecule has 7 nitrogen and oxygen atoms in total. The minimum absolute atomic E-state index is 0.0146. The Bertz CT molecular complexity index is 915. The van der Waals surface area contributed by atoms with E-state index in [0.29, 0.717) is 22.6 Å². The van der Waals surface area contributed by atoms with Crippen LogP contribution in [0.4, 0.5) is 5.69 Å². The van der Waals surface area contributed by atoms with E-state index in [2.05, 4.69) is 10.5 Å². The molecule has 0 unspecified atom stereocenters. The number of amides is 1. The molecule has 25 heavy (non-hydrogen) atoms. The SMILES string of the molecule is O=C(N/N=C\c1ccc(-c2ccc([N+](=O)[O-])cc2)o1)c1ccccc1. The largest absolute Gasteiger partial charge is 0.455 e. The van der Waals surface area contributed by atoms with Gasteiger partial charge in [-0.05, 0) is 36.4 Å². The topological polar surface area (TPSA) is 97.7 Å². The number of nitrogens with one attached hydrogen (secondary N) is 1. The predicted molar refractivity (Wildman–Crippen MR) is 92.3 cm³/mol. The third kappa shape index (κ3) is 3.97. The summed E-state index contributed by atoms with van der Waals surface area (Å²) in [6, 6.07) is 18.2. The lowest BCUT2D eigenvalue weighted by atomic mass is 10.1. The van der Waals surface area contributed by atoms with Crippen LogP contribution in [-0.2, 0) is 0 Å². The number of carbonyl (C=O) groups excluding carboxylic acids is 1. The Morgan fingerprint density at radius 3 is 2.44 bits per heavy atom. The zero-order valence-corrected chi connectivity index (χ0v) is 13.0. The van der Waals surface area contributed by atoms with Gasteiger partial charge in [0.05, 0.1) is 11.1 Å². The van der Waals surface area contributed by atoms with Crippen LogP contribution in [0.1, 0.15) is 16.1 Å². The van der Waals surface area contributed by atoms with E-state index in [1.54, 1.807) is 48.5 Å². The summed E-state index contributed by atoms with van der Waals surface area (Å²) < 4.78 is 5.59. The molecule has 0 aliphatic rings. The number of furan rings is 1. The highest BCUT2D eigenvalue weighted by Crippen LogP contribution is 2.23. The molecule has 1 heterocycles. The number of carbonyl (C=O) groups is 1. The first kappa shape index (κ1) is 16.1. The summed E-state index contributed by atoms with van der Waals surface area (Å²) in [5.41, 5.74) is 3.64. The van der Waals surface area contributed by atoms with Crippen molar-refractivity contribution in [1.82, 2.24) is 5.43 Å². The van der Waals surface area contributed by atoms with Gasteiger partial charge in [0.2, 0.25) is 0 Å². The van der Waals surface area contributed by atoms with Crippen LogP contribution >= 0.6 is 0 Å². The van der Waals surface area contributed by atoms with Gasteiger partial charge < -0.3 is 4.42 Å². The van der Waals surface area contributed by atoms with Crippen LogP contribution in [0.15, 0.2) is 76.2 Å². The first-order valence-electron chi connectivity index (χ1n) is 7.36. The summed E-state index contributed by atoms with van der Waals surface area (Å²) in [4.78, 5) is 22.0. The van der Waals surface area contributed by atoms with Gasteiger partial charge in [0.1, 0.15) is 11.5 Å². The minimum atomic E-state index is -0.459. The van der Waals surface area contributed by atoms with Crippen molar-refractivity contribution in [3.63, 3.8) is 0 Å². The highest BCUT2D eigenvalue weighted by Gasteiger charge is 2.08. The van der Waals surface area contributed by atoms with Crippen LogP contribution in [0.2, 0.25) is 0 Å². The Hall–Kier alpha value is -3.74. The lowest BCUT2D eigenvalue weighted by molar-refractivity contribution is -0.384. The third-order valence-electron chi connectivity index (χ3n) is 3.38. The number of nitrogens with zero attached hydrogens (tertiary/aromatic N) is 2. The van der Waals surface area contributed by atoms with E-state index >= 15 is 0 Å². The standard InChI is InChI=1S/C18H13N3O4/c22-18(14-4-2-1-3-5-14)20-19-12-16-10-11-17(25-16)13-6-8-15(9-7-13)21(23)24/h1-12H,(H,20,22)/b19-12-. The molecule has 0 saturated heterocycles. The Balaban J connectivity index is 1.65. The van der Waals surface area contributed by atoms with Crippen molar-refractivity contribution in [1.29, 1.82) is 0 Å². The highest BCUT2D eigenvalue weighted by molar-refractivity contribution is 5.94. The summed E-state index contributed by atoms with van der Waals surface area (Å²) >= 11 is 0. The lowest BCUT2D eigenvalue weighted by Crippen LogP contribution is -2.17. The molecule has 124 valence electrons. The van der Waals surface area contributed by atoms with Gasteiger partial charge in [-0.25, -0.2) is 5.43 Å². The fourth-order valence-electron chi connectivity index (χ4n) is 2.13. The van der Waals surface area contributed by atoms with Crippen molar-refractivity contribution < 1.29 is 14.1 Å². The minimum Gasteiger partial charge on any atom is -0.455 e. The number of hydrazone groups is 1. The molecule has 7 heteroatoms. The fourth-order valence-corrected chi connectivity index (χ4v) is 2.13. The van der Waals surface area contributed by atoms with Crippen molar-refractivity contribution in [2.24, 2.45) is 5.10 Å². The number of hydrogen-bond acceptors (Lipinski definition) is 5. The summed E-state index contributed by atoms with van der Waals surface area (Å²) in [5, 5.41) is 14.5. The summed E-state index contributed by atoms with van der Waals surface area (Å²) in [6.45, 7) is 0. The van der Waals surface area contributed by atoms with Crippen LogP contribution in [0.5, 0.6) is 0 Å². The second-order valence-corrected chi connectivity index (χ2v) is 5.07. The van der Waals surface area contributed by atoms with Gasteiger partial charge in [-0.1, -0.05) is 18.2 Å². The molecule has 3 aromatic rings. The Morgan fingerprint density at radius 2 is 1.76 bits per heavy atom. The summed E-state index contributed by atoms with van der Waals surface area (Å²) in [5.74, 6) is 0.673. The van der Waals surface area contributed by atoms with E-state index < -0.39 is 4.92 Å². The second kappa shape index (κ2) is 7.22. The van der Waals surface area contributed by atoms with E-state index in [-0.39, 0.29) is 11.6 Å². The highest BCUT2D eigenvalue weighted by atomic mass is 16.6. The monoisotopic (exact) mass is 335 g/mol. The zero-order chi connectivity index (χ0) is 17.6. The molecule has 2 aromatic carbocycles. The molecule has 0 radical (unpaired) electrons. The number of hydrogen-bond donors (Lipinski definition) is 1. The van der Waals surface area contributed by atoms with Crippen LogP contribution in [-0.4, -0.2) is 17.0 Å². The van der Waals surface area contributed by atoms with E-state index in [9.17, 15) is 14.9 Å². The van der Waals surface area contributed by atoms with Crippen LogP contribution < -0.4 is 5.43 Å². The van der Waals surface area contributed by atoms with Gasteiger partial charge in [-0.2, -0.15) is 5.10 Å². The van der Waals surface area contributed by atoms with E-state index in [1.165, 1.54) is 18.3 Å². The number of nitro benzene ring substituents is 1. The molecule has 1 amide bonds. The van der Waals surface area contributed by atoms with E-state index in [0.717, 1.165) is 0 Å². The molecule has 0 aliphatic heterocycles. The molecule has 1 aromatic heterocycles. The van der Waals surface area contributed by atoms with Crippen molar-refractivity contribution >= 4 is 17.8 Å². The second-order valence-electron chi connectivity index (χ2n) is 5.07. The Morgan fingerprint density at radius 1 is 1.04 bits per heavy atom. The lowest BCUT2D eigenvalue weighted by Gasteiger charge is -1.98. The van der Waals surface area contributed by atoms with Crippen molar-refractivity contribution in [3.8, 4) is 11.3 Å². The maximum absolute atomic E-state index is 11.8. The molecule has 0 aliphatic carbocycles. The predicted octanol–water partition coefficient (Wildman–Crippen LogP) is 3.62. The molecule has 0 saturated carbocycles. The van der Waals surface area contributed by atoms with Crippen LogP contribution in [0.25, 0.3) is 11.3 Å². The summed E-state index contributed by atoms with van der Waals surface area (Å²) in [7, 11) is 0. The Kier molecular flexibility index (Phi) is 4.66. The van der Waals surface area contributed by atoms with Gasteiger partial charge in [-0.15, -0.1) is 0 Å². The number of rotatable bonds is 5. The zero-order valence-electron chi connectivity index (χ0n) is 13.0. The van der Waals surface area contributed by atoms with Gasteiger partial charge in [0.25, 0.3) is 11.6 Å². The first-order valence-corrected chi connectivity index (χ1v) is 7.36. The number of benzene rings is 2. The fraction of sp³-hybridized carbons (Fsp3) is 0. The van der Waals surface area contributed by atoms with E-state index in [1.807, 2.05) is 6.07 Å². The van der Waals surface area contributed by atoms with Gasteiger partial charge in [0, 0.05) is 23.3 Å². The van der Waals surface area contributed by atoms with Gasteiger partial charge in [-0.3, -0.25) is 14.9 Å². The molecular formula is C18H13N3O4. The number of nitro groups is 1. The normalized spacial score (nSPS) is 10.7. The van der Waals surface area contributed by atoms with Crippen LogP contribution in [0.3, 0.4) is 0 Å². The first-order chi connectivity index (χ1) is 12.1. The molecular weight excluding hydrogens is 322 g/mol. The average Bonchev–Trinajstić information content (AvgIpc) is 3.11. The van der Waals surface area contributed by atoms with Crippen LogP contribution in [0, 0.1) is 10.1 Å². The smallest absolute Gasteiger partial charge is 0.271 e. The molecule has 3 rings (SSSR count). The Labute approximate surface area is 142 Å². The molecule has 1 N–H and O–H groups in total. The maximum Gasteiger partial charge on any atom is 0.271 e. The average molecular weight is 335 g/mol. The van der Waals surface area contributed by atoms with Crippen molar-refractivity contribution in [2.75, 3.05) is 0 Å².